The average molecular weight is 235 g/mol. The summed E-state index contributed by atoms with van der Waals surface area (Å²) < 4.78 is 37.3. The third-order valence-corrected chi connectivity index (χ3v) is 3.87. The Hall–Kier alpha value is -0.250. The van der Waals surface area contributed by atoms with Gasteiger partial charge in [-0.2, -0.15) is 13.2 Å². The van der Waals surface area contributed by atoms with E-state index in [-0.39, 0.29) is 0 Å². The van der Waals surface area contributed by atoms with Gasteiger partial charge >= 0.3 is 6.18 Å². The molecule has 0 heterocycles. The highest BCUT2D eigenvalue weighted by Crippen LogP contribution is 2.39. The first kappa shape index (κ1) is 12.2. The van der Waals surface area contributed by atoms with Gasteiger partial charge in [-0.15, -0.1) is 0 Å². The van der Waals surface area contributed by atoms with Gasteiger partial charge < -0.3 is 5.32 Å². The lowest BCUT2D eigenvalue weighted by molar-refractivity contribution is -0.183. The molecule has 0 amide bonds. The molecule has 0 aromatic heterocycles. The van der Waals surface area contributed by atoms with Crippen molar-refractivity contribution >= 4 is 0 Å². The summed E-state index contributed by atoms with van der Waals surface area (Å²) >= 11 is 0. The summed E-state index contributed by atoms with van der Waals surface area (Å²) in [6.45, 7) is 1.99. The zero-order chi connectivity index (χ0) is 11.6. The van der Waals surface area contributed by atoms with Crippen LogP contribution >= 0.6 is 0 Å². The van der Waals surface area contributed by atoms with Gasteiger partial charge in [0.2, 0.25) is 0 Å². The number of hydrogen-bond donors (Lipinski definition) is 1. The second-order valence-electron chi connectivity index (χ2n) is 5.36. The zero-order valence-electron chi connectivity index (χ0n) is 9.52. The average Bonchev–Trinajstić information content (AvgIpc) is 3.01. The Balaban J connectivity index is 1.60. The van der Waals surface area contributed by atoms with E-state index in [1.54, 1.807) is 0 Å². The van der Waals surface area contributed by atoms with E-state index in [0.29, 0.717) is 18.8 Å². The normalized spacial score (nSPS) is 31.7. The minimum atomic E-state index is -3.97. The van der Waals surface area contributed by atoms with Gasteiger partial charge in [-0.3, -0.25) is 0 Å². The summed E-state index contributed by atoms with van der Waals surface area (Å²) in [5, 5.41) is 3.39. The minimum Gasteiger partial charge on any atom is -0.316 e. The molecule has 0 saturated heterocycles. The Morgan fingerprint density at radius 1 is 0.812 bits per heavy atom. The van der Waals surface area contributed by atoms with Gasteiger partial charge in [-0.25, -0.2) is 0 Å². The molecule has 94 valence electrons. The van der Waals surface area contributed by atoms with Crippen LogP contribution in [-0.4, -0.2) is 19.3 Å². The first-order chi connectivity index (χ1) is 7.55. The van der Waals surface area contributed by atoms with Crippen molar-refractivity contribution in [2.75, 3.05) is 13.1 Å². The number of hydrogen-bond acceptors (Lipinski definition) is 1. The quantitative estimate of drug-likeness (QED) is 0.788. The third-order valence-electron chi connectivity index (χ3n) is 3.87. The van der Waals surface area contributed by atoms with Gasteiger partial charge in [-0.1, -0.05) is 0 Å². The smallest absolute Gasteiger partial charge is 0.316 e. The molecular weight excluding hydrogens is 215 g/mol. The fraction of sp³-hybridized carbons (Fsp3) is 1.00. The fourth-order valence-corrected chi connectivity index (χ4v) is 2.51. The van der Waals surface area contributed by atoms with Crippen LogP contribution in [0.5, 0.6) is 0 Å². The molecule has 0 aromatic carbocycles. The Labute approximate surface area is 94.8 Å². The largest absolute Gasteiger partial charge is 0.391 e. The maximum Gasteiger partial charge on any atom is 0.391 e. The predicted molar refractivity (Wildman–Crippen MR) is 57.1 cm³/mol. The lowest BCUT2D eigenvalue weighted by atomic mass is 9.81. The molecule has 0 aromatic rings. The number of halogens is 3. The molecule has 2 aliphatic carbocycles. The topological polar surface area (TPSA) is 12.0 Å². The highest BCUT2D eigenvalue weighted by molar-refractivity contribution is 4.80. The van der Waals surface area contributed by atoms with Crippen molar-refractivity contribution in [1.82, 2.24) is 5.32 Å². The molecular formula is C12H20F3N. The van der Waals surface area contributed by atoms with Crippen molar-refractivity contribution < 1.29 is 13.2 Å². The van der Waals surface area contributed by atoms with Crippen LogP contribution in [0.2, 0.25) is 0 Å². The summed E-state index contributed by atoms with van der Waals surface area (Å²) in [7, 11) is 0. The molecule has 0 unspecified atom stereocenters. The van der Waals surface area contributed by atoms with E-state index in [9.17, 15) is 13.2 Å². The monoisotopic (exact) mass is 235 g/mol. The molecule has 16 heavy (non-hydrogen) atoms. The van der Waals surface area contributed by atoms with Crippen molar-refractivity contribution in [1.29, 1.82) is 0 Å². The van der Waals surface area contributed by atoms with Crippen molar-refractivity contribution in [3.05, 3.63) is 0 Å². The summed E-state index contributed by atoms with van der Waals surface area (Å²) in [5.41, 5.74) is 0. The van der Waals surface area contributed by atoms with Crippen LogP contribution in [0, 0.1) is 17.8 Å². The molecule has 0 radical (unpaired) electrons. The van der Waals surface area contributed by atoms with E-state index in [1.807, 2.05) is 0 Å². The highest BCUT2D eigenvalue weighted by Gasteiger charge is 2.41. The van der Waals surface area contributed by atoms with Gasteiger partial charge in [0, 0.05) is 0 Å². The predicted octanol–water partition coefficient (Wildman–Crippen LogP) is 3.35. The first-order valence-electron chi connectivity index (χ1n) is 6.33. The van der Waals surface area contributed by atoms with Crippen LogP contribution in [0.3, 0.4) is 0 Å². The van der Waals surface area contributed by atoms with E-state index in [0.717, 1.165) is 31.8 Å². The maximum atomic E-state index is 12.4. The summed E-state index contributed by atoms with van der Waals surface area (Å²) in [6, 6.07) is 0. The van der Waals surface area contributed by atoms with Crippen LogP contribution in [-0.2, 0) is 0 Å². The van der Waals surface area contributed by atoms with E-state index in [1.165, 1.54) is 12.8 Å². The minimum absolute atomic E-state index is 0.333. The van der Waals surface area contributed by atoms with Gasteiger partial charge in [0.25, 0.3) is 0 Å². The molecule has 2 fully saturated rings. The number of alkyl halides is 3. The second-order valence-corrected chi connectivity index (χ2v) is 5.36. The van der Waals surface area contributed by atoms with E-state index >= 15 is 0 Å². The molecule has 1 nitrogen and oxygen atoms in total. The Bertz CT molecular complexity index is 215. The van der Waals surface area contributed by atoms with Crippen molar-refractivity contribution in [3.8, 4) is 0 Å². The summed E-state index contributed by atoms with van der Waals surface area (Å²) in [6.07, 6.45) is 0.830. The van der Waals surface area contributed by atoms with Crippen LogP contribution in [0.1, 0.15) is 38.5 Å². The summed E-state index contributed by atoms with van der Waals surface area (Å²) in [4.78, 5) is 0. The summed E-state index contributed by atoms with van der Waals surface area (Å²) in [5.74, 6) is 0.288. The van der Waals surface area contributed by atoms with Gasteiger partial charge in [-0.05, 0) is 63.5 Å². The van der Waals surface area contributed by atoms with E-state index in [4.69, 9.17) is 0 Å². The molecule has 4 heteroatoms. The van der Waals surface area contributed by atoms with Crippen LogP contribution < -0.4 is 5.32 Å². The third kappa shape index (κ3) is 3.65. The molecule has 0 aliphatic heterocycles. The Morgan fingerprint density at radius 3 is 1.62 bits per heavy atom. The molecule has 2 aliphatic rings. The fourth-order valence-electron chi connectivity index (χ4n) is 2.51. The standard InChI is InChI=1S/C12H20F3N/c13-12(14,15)11-5-3-10(4-6-11)8-16-7-9-1-2-9/h9-11,16H,1-8H2. The first-order valence-corrected chi connectivity index (χ1v) is 6.33. The molecule has 1 N–H and O–H groups in total. The number of rotatable bonds is 4. The van der Waals surface area contributed by atoms with E-state index in [2.05, 4.69) is 5.32 Å². The van der Waals surface area contributed by atoms with Crippen molar-refractivity contribution in [3.63, 3.8) is 0 Å². The highest BCUT2D eigenvalue weighted by atomic mass is 19.4. The lowest BCUT2D eigenvalue weighted by Crippen LogP contribution is -2.32. The molecule has 2 rings (SSSR count). The molecule has 0 bridgehead atoms. The lowest BCUT2D eigenvalue weighted by Gasteiger charge is -2.29. The SMILES string of the molecule is FC(F)(F)C1CCC(CNCC2CC2)CC1. The van der Waals surface area contributed by atoms with E-state index < -0.39 is 12.1 Å². The molecule has 2 saturated carbocycles. The van der Waals surface area contributed by atoms with Gasteiger partial charge in [0.05, 0.1) is 5.92 Å². The maximum absolute atomic E-state index is 12.4. The van der Waals surface area contributed by atoms with Crippen LogP contribution in [0.25, 0.3) is 0 Å². The van der Waals surface area contributed by atoms with Gasteiger partial charge in [0.15, 0.2) is 0 Å². The van der Waals surface area contributed by atoms with Crippen LogP contribution in [0.4, 0.5) is 13.2 Å². The Kier molecular flexibility index (Phi) is 3.77. The second kappa shape index (κ2) is 4.94. The van der Waals surface area contributed by atoms with Crippen LogP contribution in [0.15, 0.2) is 0 Å². The number of nitrogens with one attached hydrogen (secondary N) is 1. The Morgan fingerprint density at radius 2 is 1.25 bits per heavy atom. The molecule has 0 atom stereocenters. The van der Waals surface area contributed by atoms with Crippen molar-refractivity contribution in [2.24, 2.45) is 17.8 Å². The van der Waals surface area contributed by atoms with Crippen molar-refractivity contribution in [2.45, 2.75) is 44.7 Å². The molecule has 0 spiro atoms. The van der Waals surface area contributed by atoms with Gasteiger partial charge in [0.1, 0.15) is 0 Å². The zero-order valence-corrected chi connectivity index (χ0v) is 9.52.